The summed E-state index contributed by atoms with van der Waals surface area (Å²) >= 11 is 0. The number of hydrogen-bond donors (Lipinski definition) is 3. The third kappa shape index (κ3) is 11.4. The number of rotatable bonds is 15. The van der Waals surface area contributed by atoms with Crippen molar-refractivity contribution in [3.63, 3.8) is 0 Å². The molecule has 47 heavy (non-hydrogen) atoms. The molecule has 14 heteroatoms. The number of amides is 2. The zero-order chi connectivity index (χ0) is 34.9. The average molecular weight is 670 g/mol. The van der Waals surface area contributed by atoms with E-state index in [1.807, 2.05) is 19.9 Å². The van der Waals surface area contributed by atoms with Crippen molar-refractivity contribution in [3.05, 3.63) is 66.1 Å². The Labute approximate surface area is 275 Å². The number of esters is 1. The molecular formula is C33H43N5O8S. The summed E-state index contributed by atoms with van der Waals surface area (Å²) in [5.74, 6) is -2.91. The molecule has 254 valence electrons. The van der Waals surface area contributed by atoms with Gasteiger partial charge in [0.15, 0.2) is 0 Å². The molecule has 2 amide bonds. The molecule has 3 atom stereocenters. The lowest BCUT2D eigenvalue weighted by Crippen LogP contribution is -2.55. The van der Waals surface area contributed by atoms with Crippen molar-refractivity contribution in [2.45, 2.75) is 96.4 Å². The molecule has 1 aromatic heterocycles. The second kappa shape index (κ2) is 15.9. The molecule has 0 aliphatic carbocycles. The molecule has 13 nitrogen and oxygen atoms in total. The van der Waals surface area contributed by atoms with E-state index < -0.39 is 57.3 Å². The summed E-state index contributed by atoms with van der Waals surface area (Å²) in [5.41, 5.74) is 0.684. The van der Waals surface area contributed by atoms with E-state index in [0.29, 0.717) is 5.56 Å². The van der Waals surface area contributed by atoms with Crippen LogP contribution in [-0.2, 0) is 29.1 Å². The molecule has 3 N–H and O–H groups in total. The van der Waals surface area contributed by atoms with Crippen LogP contribution in [0.1, 0.15) is 77.1 Å². The number of nitrogens with one attached hydrogen (secondary N) is 3. The maximum absolute atomic E-state index is 13.4. The molecule has 0 aliphatic rings. The zero-order valence-electron chi connectivity index (χ0n) is 27.7. The summed E-state index contributed by atoms with van der Waals surface area (Å²) in [6.07, 6.45) is -0.273. The highest BCUT2D eigenvalue weighted by atomic mass is 32.2. The highest BCUT2D eigenvalue weighted by Gasteiger charge is 2.32. The number of ketones is 1. The van der Waals surface area contributed by atoms with Gasteiger partial charge in [-0.25, -0.2) is 8.42 Å². The van der Waals surface area contributed by atoms with Gasteiger partial charge < -0.3 is 19.8 Å². The van der Waals surface area contributed by atoms with Crippen LogP contribution in [0.5, 0.6) is 0 Å². The summed E-state index contributed by atoms with van der Waals surface area (Å²) < 4.78 is 39.6. The Bertz CT molecular complexity index is 1650. The number of benzene rings is 2. The van der Waals surface area contributed by atoms with Crippen LogP contribution in [-0.4, -0.2) is 65.9 Å². The monoisotopic (exact) mass is 669 g/mol. The van der Waals surface area contributed by atoms with Crippen LogP contribution in [0.3, 0.4) is 0 Å². The van der Waals surface area contributed by atoms with Gasteiger partial charge in [0.05, 0.1) is 10.9 Å². The molecule has 0 bridgehead atoms. The number of carbonyl (C=O) groups is 4. The molecule has 0 spiro atoms. The normalized spacial score (nSPS) is 13.8. The van der Waals surface area contributed by atoms with Crippen molar-refractivity contribution in [1.29, 1.82) is 0 Å². The lowest BCUT2D eigenvalue weighted by atomic mass is 9.99. The fourth-order valence-electron chi connectivity index (χ4n) is 4.42. The molecule has 0 radical (unpaired) electrons. The van der Waals surface area contributed by atoms with E-state index in [-0.39, 0.29) is 41.9 Å². The first-order valence-electron chi connectivity index (χ1n) is 15.3. The molecule has 0 fully saturated rings. The van der Waals surface area contributed by atoms with Gasteiger partial charge in [-0.15, -0.1) is 10.2 Å². The van der Waals surface area contributed by atoms with Gasteiger partial charge in [-0.05, 0) is 77.6 Å². The van der Waals surface area contributed by atoms with Gasteiger partial charge in [-0.2, -0.15) is 4.72 Å². The van der Waals surface area contributed by atoms with E-state index in [4.69, 9.17) is 9.15 Å². The van der Waals surface area contributed by atoms with Gasteiger partial charge in [0.2, 0.25) is 33.5 Å². The van der Waals surface area contributed by atoms with E-state index in [9.17, 15) is 27.6 Å². The van der Waals surface area contributed by atoms with Crippen molar-refractivity contribution in [3.8, 4) is 11.5 Å². The topological polar surface area (TPSA) is 187 Å². The van der Waals surface area contributed by atoms with Crippen LogP contribution in [0.2, 0.25) is 0 Å². The number of Topliss-reactive ketones (excluding diaryl/α,β-unsaturated/α-hetero) is 1. The van der Waals surface area contributed by atoms with E-state index in [1.54, 1.807) is 64.1 Å². The molecule has 2 aromatic carbocycles. The fraction of sp³-hybridized carbons (Fsp3) is 0.455. The van der Waals surface area contributed by atoms with Crippen molar-refractivity contribution >= 4 is 33.6 Å². The molecular weight excluding hydrogens is 626 g/mol. The highest BCUT2D eigenvalue weighted by Crippen LogP contribution is 2.19. The van der Waals surface area contributed by atoms with Gasteiger partial charge in [0.1, 0.15) is 17.7 Å². The summed E-state index contributed by atoms with van der Waals surface area (Å²) in [6.45, 7) is 12.0. The summed E-state index contributed by atoms with van der Waals surface area (Å²) in [6, 6.07) is 11.3. The van der Waals surface area contributed by atoms with Gasteiger partial charge >= 0.3 is 5.97 Å². The minimum absolute atomic E-state index is 0.0147. The summed E-state index contributed by atoms with van der Waals surface area (Å²) in [4.78, 5) is 52.4. The molecule has 0 saturated carbocycles. The summed E-state index contributed by atoms with van der Waals surface area (Å²) in [7, 11) is -4.18. The van der Waals surface area contributed by atoms with E-state index in [0.717, 1.165) is 5.56 Å². The molecule has 3 aromatic rings. The highest BCUT2D eigenvalue weighted by molar-refractivity contribution is 7.89. The van der Waals surface area contributed by atoms with Crippen LogP contribution >= 0.6 is 0 Å². The molecule has 0 saturated heterocycles. The average Bonchev–Trinajstić information content (AvgIpc) is 3.48. The number of nitrogens with zero attached hydrogens (tertiary/aromatic N) is 2. The van der Waals surface area contributed by atoms with E-state index >= 15 is 0 Å². The van der Waals surface area contributed by atoms with E-state index in [2.05, 4.69) is 25.6 Å². The maximum atomic E-state index is 13.4. The van der Waals surface area contributed by atoms with Crippen molar-refractivity contribution < 1.29 is 36.7 Å². The zero-order valence-corrected chi connectivity index (χ0v) is 28.5. The molecule has 0 aliphatic heterocycles. The number of aromatic nitrogens is 2. The Hall–Kier alpha value is -4.43. The minimum atomic E-state index is -4.18. The largest absolute Gasteiger partial charge is 0.460 e. The molecule has 1 heterocycles. The Balaban J connectivity index is 1.74. The Kier molecular flexibility index (Phi) is 12.5. The predicted molar refractivity (Wildman–Crippen MR) is 173 cm³/mol. The van der Waals surface area contributed by atoms with Crippen molar-refractivity contribution in [2.24, 2.45) is 5.92 Å². The van der Waals surface area contributed by atoms with Gasteiger partial charge in [0.25, 0.3) is 5.89 Å². The second-order valence-corrected chi connectivity index (χ2v) is 14.4. The van der Waals surface area contributed by atoms with E-state index in [1.165, 1.54) is 19.1 Å². The van der Waals surface area contributed by atoms with Crippen LogP contribution < -0.4 is 15.4 Å². The number of ether oxygens (including phenoxy) is 1. The third-order valence-electron chi connectivity index (χ3n) is 6.75. The number of hydrogen-bond acceptors (Lipinski definition) is 10. The summed E-state index contributed by atoms with van der Waals surface area (Å²) in [5, 5.41) is 13.0. The third-order valence-corrected chi connectivity index (χ3v) is 8.24. The Morgan fingerprint density at radius 2 is 1.51 bits per heavy atom. The van der Waals surface area contributed by atoms with Crippen LogP contribution in [0, 0.1) is 12.8 Å². The Morgan fingerprint density at radius 3 is 2.11 bits per heavy atom. The van der Waals surface area contributed by atoms with Crippen LogP contribution in [0.25, 0.3) is 11.5 Å². The number of sulfonamides is 1. The first-order chi connectivity index (χ1) is 21.9. The second-order valence-electron chi connectivity index (χ2n) is 12.7. The quantitative estimate of drug-likeness (QED) is 0.159. The van der Waals surface area contributed by atoms with Gasteiger partial charge in [0, 0.05) is 12.0 Å². The Morgan fingerprint density at radius 1 is 0.872 bits per heavy atom. The number of carbonyl (C=O) groups excluding carboxylic acids is 4. The standard InChI is InChI=1S/C33H43N5O8S/c1-20(2)19-26(28(40)32-37-36-31(45-32)23-11-9-8-10-12-23)35-29(41)22(4)34-30(42)25(17-18-27(39)46-33(5,6)7)38-47(43,44)24-15-13-21(3)14-16-24/h8-16,20,22,25-26,38H,17-19H2,1-7H3,(H,34,42)(H,35,41). The van der Waals surface area contributed by atoms with Crippen molar-refractivity contribution in [1.82, 2.24) is 25.6 Å². The van der Waals surface area contributed by atoms with Crippen molar-refractivity contribution in [2.75, 3.05) is 0 Å². The number of aryl methyl sites for hydroxylation is 1. The van der Waals surface area contributed by atoms with Crippen LogP contribution in [0.4, 0.5) is 0 Å². The SMILES string of the molecule is Cc1ccc(S(=O)(=O)NC(CCC(=O)OC(C)(C)C)C(=O)NC(C)C(=O)NC(CC(C)C)C(=O)c2nnc(-c3ccccc3)o2)cc1. The van der Waals surface area contributed by atoms with Crippen LogP contribution in [0.15, 0.2) is 63.9 Å². The fourth-order valence-corrected chi connectivity index (χ4v) is 5.65. The lowest BCUT2D eigenvalue weighted by Gasteiger charge is -2.24. The first kappa shape index (κ1) is 37.0. The maximum Gasteiger partial charge on any atom is 0.306 e. The predicted octanol–water partition coefficient (Wildman–Crippen LogP) is 3.73. The lowest BCUT2D eigenvalue weighted by molar-refractivity contribution is -0.155. The first-order valence-corrected chi connectivity index (χ1v) is 16.8. The minimum Gasteiger partial charge on any atom is -0.460 e. The molecule has 3 rings (SSSR count). The smallest absolute Gasteiger partial charge is 0.306 e. The van der Waals surface area contributed by atoms with Gasteiger partial charge in [-0.1, -0.05) is 49.7 Å². The molecule has 3 unspecified atom stereocenters. The van der Waals surface area contributed by atoms with Gasteiger partial charge in [-0.3, -0.25) is 19.2 Å².